The maximum absolute atomic E-state index is 14.4. The Morgan fingerprint density at radius 1 is 0.981 bits per heavy atom. The maximum atomic E-state index is 14.4. The number of carboxylic acids is 1. The second kappa shape index (κ2) is 30.6. The second-order valence-corrected chi connectivity index (χ2v) is 11.6. The quantitative estimate of drug-likeness (QED) is 0.0917. The maximum Gasteiger partial charge on any atom is 0.306 e. The number of aliphatic hydroxyl groups is 1. The number of fused-ring (bicyclic) bond motifs is 2. The Labute approximate surface area is 317 Å². The van der Waals surface area contributed by atoms with Gasteiger partial charge in [0.2, 0.25) is 5.91 Å². The van der Waals surface area contributed by atoms with E-state index in [-0.39, 0.29) is 12.3 Å². The van der Waals surface area contributed by atoms with Gasteiger partial charge in [0.15, 0.2) is 0 Å². The Morgan fingerprint density at radius 3 is 2.15 bits per heavy atom. The molecule has 2 N–H and O–H groups in total. The average Bonchev–Trinajstić information content (AvgIpc) is 3.40. The predicted molar refractivity (Wildman–Crippen MR) is 225 cm³/mol. The molecule has 1 amide bonds. The third-order valence-electron chi connectivity index (χ3n) is 8.00. The van der Waals surface area contributed by atoms with E-state index in [9.17, 15) is 19.8 Å². The van der Waals surface area contributed by atoms with Crippen molar-refractivity contribution in [1.29, 1.82) is 0 Å². The summed E-state index contributed by atoms with van der Waals surface area (Å²) in [7, 11) is 0. The number of nitrogens with zero attached hydrogens (tertiary/aromatic N) is 3. The summed E-state index contributed by atoms with van der Waals surface area (Å²) in [5.74, 6) is -1.08. The monoisotopic (exact) mass is 718 g/mol. The minimum Gasteiger partial charge on any atom is -0.481 e. The number of para-hydroxylation sites is 1. The number of aliphatic carboxylic acids is 1. The first kappa shape index (κ1) is 50.1. The number of piperidine rings is 1. The molecule has 290 valence electrons. The molecular formula is C45H71N3O4. The minimum absolute atomic E-state index is 0.0421. The van der Waals surface area contributed by atoms with Crippen LogP contribution >= 0.6 is 0 Å². The zero-order valence-corrected chi connectivity index (χ0v) is 34.5. The molecule has 52 heavy (non-hydrogen) atoms. The van der Waals surface area contributed by atoms with E-state index in [2.05, 4.69) is 39.9 Å². The van der Waals surface area contributed by atoms with Crippen LogP contribution in [0.5, 0.6) is 0 Å². The summed E-state index contributed by atoms with van der Waals surface area (Å²) in [5.41, 5.74) is 6.03. The van der Waals surface area contributed by atoms with Gasteiger partial charge in [-0.15, -0.1) is 0 Å². The van der Waals surface area contributed by atoms with E-state index in [1.807, 2.05) is 144 Å². The molecule has 2 heterocycles. The number of aliphatic hydroxyl groups excluding tert-OH is 1. The van der Waals surface area contributed by atoms with Crippen LogP contribution < -0.4 is 4.90 Å². The van der Waals surface area contributed by atoms with Gasteiger partial charge in [0.05, 0.1) is 29.3 Å². The first-order valence-corrected chi connectivity index (χ1v) is 19.4. The SMILES string of the molecule is C/C=C\C/C=C\C/C=C/C=C=C(/C=C\CC)N1C(=O)C2(CCN(CC)C(C(O)CC(=O)O)C2)c2ccccc21.C/C=C\N=C(C)C.CC.CC.CC. The molecule has 1 saturated heterocycles. The number of hydrogen-bond donors (Lipinski definition) is 2. The minimum atomic E-state index is -1.05. The fourth-order valence-corrected chi connectivity index (χ4v) is 5.77. The van der Waals surface area contributed by atoms with Crippen LogP contribution in [-0.4, -0.2) is 57.9 Å². The Bertz CT molecular complexity index is 1390. The third kappa shape index (κ3) is 16.5. The molecule has 3 atom stereocenters. The number of aliphatic imine (C=N–C) groups is 1. The van der Waals surface area contributed by atoms with Crippen molar-refractivity contribution in [3.05, 3.63) is 108 Å². The number of carbonyl (C=O) groups is 2. The molecule has 1 fully saturated rings. The molecule has 3 unspecified atom stereocenters. The first-order chi connectivity index (χ1) is 25.2. The van der Waals surface area contributed by atoms with E-state index in [0.29, 0.717) is 31.6 Å². The average molecular weight is 718 g/mol. The van der Waals surface area contributed by atoms with E-state index in [4.69, 9.17) is 0 Å². The lowest BCUT2D eigenvalue weighted by Gasteiger charge is -2.45. The van der Waals surface area contributed by atoms with Gasteiger partial charge in [-0.25, -0.2) is 0 Å². The van der Waals surface area contributed by atoms with Gasteiger partial charge in [-0.1, -0.05) is 128 Å². The molecule has 1 aromatic carbocycles. The molecule has 2 aliphatic heterocycles. The predicted octanol–water partition coefficient (Wildman–Crippen LogP) is 11.1. The van der Waals surface area contributed by atoms with Crippen LogP contribution in [0, 0.1) is 0 Å². The Hall–Kier alpha value is -4.03. The van der Waals surface area contributed by atoms with Crippen molar-refractivity contribution in [1.82, 2.24) is 4.90 Å². The van der Waals surface area contributed by atoms with Crippen LogP contribution in [0.3, 0.4) is 0 Å². The van der Waals surface area contributed by atoms with Crippen LogP contribution in [0.2, 0.25) is 0 Å². The summed E-state index contributed by atoms with van der Waals surface area (Å²) >= 11 is 0. The lowest BCUT2D eigenvalue weighted by atomic mass is 9.70. The zero-order chi connectivity index (χ0) is 40.0. The molecule has 0 aromatic heterocycles. The Balaban J connectivity index is 0. The normalized spacial score (nSPS) is 18.4. The molecule has 3 rings (SSSR count). The smallest absolute Gasteiger partial charge is 0.306 e. The molecule has 7 heteroatoms. The highest BCUT2D eigenvalue weighted by Gasteiger charge is 2.55. The molecule has 0 saturated carbocycles. The molecule has 0 radical (unpaired) electrons. The number of anilines is 1. The van der Waals surface area contributed by atoms with Crippen molar-refractivity contribution in [2.75, 3.05) is 18.0 Å². The van der Waals surface area contributed by atoms with E-state index in [1.54, 1.807) is 11.1 Å². The van der Waals surface area contributed by atoms with Crippen LogP contribution in [0.1, 0.15) is 127 Å². The Morgan fingerprint density at radius 2 is 1.62 bits per heavy atom. The first-order valence-electron chi connectivity index (χ1n) is 19.4. The summed E-state index contributed by atoms with van der Waals surface area (Å²) in [4.78, 5) is 33.6. The Kier molecular flexibility index (Phi) is 29.5. The number of likely N-dealkylation sites (N-methyl/N-ethyl adjacent to an activating group) is 1. The largest absolute Gasteiger partial charge is 0.481 e. The van der Waals surface area contributed by atoms with Crippen LogP contribution in [0.4, 0.5) is 5.69 Å². The zero-order valence-electron chi connectivity index (χ0n) is 34.5. The molecule has 1 spiro atoms. The van der Waals surface area contributed by atoms with E-state index in [1.165, 1.54) is 0 Å². The molecule has 0 aliphatic carbocycles. The lowest BCUT2D eigenvalue weighted by Crippen LogP contribution is -2.56. The second-order valence-electron chi connectivity index (χ2n) is 11.6. The highest BCUT2D eigenvalue weighted by atomic mass is 16.4. The van der Waals surface area contributed by atoms with Crippen molar-refractivity contribution < 1.29 is 19.8 Å². The van der Waals surface area contributed by atoms with E-state index in [0.717, 1.165) is 36.2 Å². The number of likely N-dealkylation sites (tertiary alicyclic amines) is 1. The molecule has 2 aliphatic rings. The molecule has 0 bridgehead atoms. The molecule has 1 aromatic rings. The number of hydrogen-bond acceptors (Lipinski definition) is 5. The number of carbonyl (C=O) groups excluding carboxylic acids is 1. The summed E-state index contributed by atoms with van der Waals surface area (Å²) in [6, 6.07) is 7.42. The van der Waals surface area contributed by atoms with Gasteiger partial charge in [0.25, 0.3) is 0 Å². The fraction of sp³-hybridized carbons (Fsp3) is 0.511. The van der Waals surface area contributed by atoms with Crippen molar-refractivity contribution in [3.8, 4) is 0 Å². The topological polar surface area (TPSA) is 93.4 Å². The van der Waals surface area contributed by atoms with Gasteiger partial charge < -0.3 is 10.2 Å². The number of amides is 1. The van der Waals surface area contributed by atoms with Crippen molar-refractivity contribution in [3.63, 3.8) is 0 Å². The summed E-state index contributed by atoms with van der Waals surface area (Å²) < 4.78 is 0. The number of benzene rings is 1. The van der Waals surface area contributed by atoms with Gasteiger partial charge in [0, 0.05) is 18.0 Å². The summed E-state index contributed by atoms with van der Waals surface area (Å²) in [6.45, 7) is 25.2. The highest BCUT2D eigenvalue weighted by Crippen LogP contribution is 2.51. The van der Waals surface area contributed by atoms with Gasteiger partial charge in [-0.3, -0.25) is 24.4 Å². The molecule has 7 nitrogen and oxygen atoms in total. The number of rotatable bonds is 13. The van der Waals surface area contributed by atoms with Gasteiger partial charge in [0.1, 0.15) is 0 Å². The van der Waals surface area contributed by atoms with E-state index >= 15 is 0 Å². The standard InChI is InChI=1S/C33H42N2O4.C6H11N.3C2H6/c1-4-7-9-10-11-12-13-14-15-19-26(18-8-5-2)35-28-21-17-16-20-27(28)33(32(35)39)22-23-34(6-3)29(25-33)30(36)24-31(37)38;1-4-5-7-6(2)3;3*1-2/h4,7-8,10-11,13-18,20-21,29-30,36H,5-6,9,12,22-25H2,1-3H3,(H,37,38);4-5H,1-3H3;3*1-2H3/b7-4-,11-10-,14-13+,18-8-;5-4-;;;. The summed E-state index contributed by atoms with van der Waals surface area (Å²) in [5, 5.41) is 20.2. The molecular weight excluding hydrogens is 647 g/mol. The third-order valence-corrected chi connectivity index (χ3v) is 8.00. The summed E-state index contributed by atoms with van der Waals surface area (Å²) in [6.07, 6.45) is 24.0. The number of allylic oxidation sites excluding steroid dienone is 9. The van der Waals surface area contributed by atoms with Gasteiger partial charge >= 0.3 is 5.97 Å². The lowest BCUT2D eigenvalue weighted by molar-refractivity contribution is -0.141. The van der Waals surface area contributed by atoms with E-state index < -0.39 is 23.5 Å². The van der Waals surface area contributed by atoms with Gasteiger partial charge in [-0.2, -0.15) is 0 Å². The van der Waals surface area contributed by atoms with Crippen molar-refractivity contribution >= 4 is 23.3 Å². The van der Waals surface area contributed by atoms with Crippen molar-refractivity contribution in [2.45, 2.75) is 139 Å². The van der Waals surface area contributed by atoms with Crippen molar-refractivity contribution in [2.24, 2.45) is 4.99 Å². The van der Waals surface area contributed by atoms with Gasteiger partial charge in [-0.05, 0) is 96.7 Å². The highest BCUT2D eigenvalue weighted by molar-refractivity contribution is 6.10. The van der Waals surface area contributed by atoms with Crippen LogP contribution in [0.25, 0.3) is 0 Å². The van der Waals surface area contributed by atoms with Crippen LogP contribution in [-0.2, 0) is 15.0 Å². The fourth-order valence-electron chi connectivity index (χ4n) is 5.77. The van der Waals surface area contributed by atoms with Crippen LogP contribution in [0.15, 0.2) is 108 Å². The number of carboxylic acid groups (broad SMARTS) is 1.